The lowest BCUT2D eigenvalue weighted by Crippen LogP contribution is -2.62. The van der Waals surface area contributed by atoms with Crippen LogP contribution in [0.25, 0.3) is 152 Å². The highest BCUT2D eigenvalue weighted by Crippen LogP contribution is 2.55. The smallest absolute Gasteiger partial charge is 0.248 e. The number of benzene rings is 17. The average molecular weight is 1010 g/mol. The van der Waals surface area contributed by atoms with Gasteiger partial charge in [-0.3, -0.25) is 0 Å². The van der Waals surface area contributed by atoms with Gasteiger partial charge >= 0.3 is 0 Å². The van der Waals surface area contributed by atoms with Crippen molar-refractivity contribution in [3.05, 3.63) is 249 Å². The van der Waals surface area contributed by atoms with E-state index in [4.69, 9.17) is 0 Å². The Morgan fingerprint density at radius 1 is 0.198 bits per heavy atom. The monoisotopic (exact) mass is 1010 g/mol. The van der Waals surface area contributed by atoms with Gasteiger partial charge in [-0.1, -0.05) is 248 Å². The molecule has 0 N–H and O–H groups in total. The van der Waals surface area contributed by atoms with Gasteiger partial charge in [-0.2, -0.15) is 0 Å². The van der Waals surface area contributed by atoms with E-state index >= 15 is 0 Å². The molecule has 4 aliphatic heterocycles. The first-order valence-corrected chi connectivity index (χ1v) is 28.7. The van der Waals surface area contributed by atoms with Gasteiger partial charge in [0.2, 0.25) is 13.4 Å². The number of nitrogens with zero attached hydrogens (tertiary/aromatic N) is 1. The molecule has 1 nitrogen and oxygen atoms in total. The molecule has 0 amide bonds. The Kier molecular flexibility index (Phi) is 7.50. The first kappa shape index (κ1) is 41.8. The van der Waals surface area contributed by atoms with Crippen LogP contribution < -0.4 is 37.7 Å². The topological polar surface area (TPSA) is 3.24 Å². The van der Waals surface area contributed by atoms with E-state index in [0.29, 0.717) is 0 Å². The highest BCUT2D eigenvalue weighted by Gasteiger charge is 2.51. The maximum Gasteiger partial charge on any atom is 0.248 e. The Balaban J connectivity index is 1.01. The summed E-state index contributed by atoms with van der Waals surface area (Å²) in [6.45, 7) is -0.000925. The number of para-hydroxylation sites is 1. The molecule has 17 aromatic rings. The van der Waals surface area contributed by atoms with Crippen LogP contribution in [0.2, 0.25) is 0 Å². The van der Waals surface area contributed by atoms with E-state index < -0.39 is 0 Å². The Morgan fingerprint density at radius 2 is 0.444 bits per heavy atom. The lowest BCUT2D eigenvalue weighted by molar-refractivity contribution is 1.32. The summed E-state index contributed by atoms with van der Waals surface area (Å²) < 4.78 is 0. The van der Waals surface area contributed by atoms with Crippen molar-refractivity contribution in [3.8, 4) is 22.3 Å². The first-order chi connectivity index (χ1) is 40.3. The zero-order chi connectivity index (χ0) is 52.1. The third-order valence-corrected chi connectivity index (χ3v) is 20.1. The molecular weight excluding hydrogens is 972 g/mol. The van der Waals surface area contributed by atoms with Crippen LogP contribution >= 0.6 is 0 Å². The van der Waals surface area contributed by atoms with Gasteiger partial charge in [0, 0.05) is 17.1 Å². The maximum absolute atomic E-state index is 2.80. The standard InChI is InChI=1S/C78H41B2N/c1-5-26-50-42(18-1)46-22-9-13-30-54(46)68-58(50)36-38-62-72(68)74-70-56-32-15-11-24-48(56)44-20-3-7-28-52(44)60(70)40-66-76(74)79(62)64-34-17-35-65-78(64)81(66)67-41-61-53-29-8-4-21-45(53)49-25-12-16-33-57(49)71(61)75-73-63(80(65)77(67)75)39-37-59-51-27-6-2-19-43(51)47-23-10-14-31-55(47)69(59)73/h1-41H. The molecule has 0 spiro atoms. The van der Waals surface area contributed by atoms with Crippen LogP contribution in [-0.4, -0.2) is 13.4 Å². The van der Waals surface area contributed by atoms with Crippen LogP contribution in [0, 0.1) is 0 Å². The van der Waals surface area contributed by atoms with Crippen LogP contribution in [0.4, 0.5) is 17.1 Å². The lowest BCUT2D eigenvalue weighted by Gasteiger charge is -2.43. The van der Waals surface area contributed by atoms with E-state index in [0.717, 1.165) is 0 Å². The fourth-order valence-electron chi connectivity index (χ4n) is 17.3. The second kappa shape index (κ2) is 14.5. The molecule has 0 unspecified atom stereocenters. The van der Waals surface area contributed by atoms with Gasteiger partial charge < -0.3 is 4.90 Å². The van der Waals surface area contributed by atoms with Crippen molar-refractivity contribution in [2.75, 3.05) is 4.90 Å². The zero-order valence-corrected chi connectivity index (χ0v) is 43.8. The highest BCUT2D eigenvalue weighted by molar-refractivity contribution is 7.06. The average Bonchev–Trinajstić information content (AvgIpc) is 2.45. The second-order valence-corrected chi connectivity index (χ2v) is 23.5. The van der Waals surface area contributed by atoms with Crippen LogP contribution in [0.5, 0.6) is 0 Å². The summed E-state index contributed by atoms with van der Waals surface area (Å²) in [5, 5.41) is 31.5. The quantitative estimate of drug-likeness (QED) is 0.108. The van der Waals surface area contributed by atoms with Crippen molar-refractivity contribution in [1.29, 1.82) is 0 Å². The molecular formula is C78H41B2N. The van der Waals surface area contributed by atoms with E-state index in [1.54, 1.807) is 0 Å². The molecule has 0 saturated carbocycles. The van der Waals surface area contributed by atoms with Gasteiger partial charge in [-0.15, -0.1) is 0 Å². The minimum atomic E-state index is -0.000462. The van der Waals surface area contributed by atoms with Crippen LogP contribution in [-0.2, 0) is 0 Å². The van der Waals surface area contributed by atoms with E-state index in [-0.39, 0.29) is 13.4 Å². The van der Waals surface area contributed by atoms with E-state index in [1.807, 2.05) is 0 Å². The normalized spacial score (nSPS) is 13.6. The Hall–Kier alpha value is -10.2. The maximum atomic E-state index is 2.80. The van der Waals surface area contributed by atoms with Crippen LogP contribution in [0.1, 0.15) is 0 Å². The first-order valence-electron chi connectivity index (χ1n) is 28.7. The van der Waals surface area contributed by atoms with E-state index in [2.05, 4.69) is 254 Å². The molecule has 0 fully saturated rings. The molecule has 0 radical (unpaired) electrons. The molecule has 81 heavy (non-hydrogen) atoms. The van der Waals surface area contributed by atoms with E-state index in [9.17, 15) is 0 Å². The van der Waals surface area contributed by atoms with Gasteiger partial charge in [0.25, 0.3) is 0 Å². The molecule has 0 aromatic heterocycles. The largest absolute Gasteiger partial charge is 0.312 e. The molecule has 4 aliphatic rings. The zero-order valence-electron chi connectivity index (χ0n) is 43.8. The number of anilines is 3. The summed E-state index contributed by atoms with van der Waals surface area (Å²) >= 11 is 0. The minimum Gasteiger partial charge on any atom is -0.312 e. The number of hydrogen-bond donors (Lipinski definition) is 0. The summed E-state index contributed by atoms with van der Waals surface area (Å²) in [7, 11) is 0. The van der Waals surface area contributed by atoms with Gasteiger partial charge in [0.15, 0.2) is 0 Å². The third kappa shape index (κ3) is 4.83. The summed E-state index contributed by atoms with van der Waals surface area (Å²) in [5.41, 5.74) is 17.9. The summed E-state index contributed by atoms with van der Waals surface area (Å²) in [6, 6.07) is 96.2. The summed E-state index contributed by atoms with van der Waals surface area (Å²) in [4.78, 5) is 2.80. The van der Waals surface area contributed by atoms with Crippen LogP contribution in [0.3, 0.4) is 0 Å². The van der Waals surface area contributed by atoms with Crippen molar-refractivity contribution in [2.45, 2.75) is 0 Å². The van der Waals surface area contributed by atoms with Crippen molar-refractivity contribution in [1.82, 2.24) is 0 Å². The third-order valence-electron chi connectivity index (χ3n) is 20.1. The molecule has 0 atom stereocenters. The van der Waals surface area contributed by atoms with Crippen LogP contribution in [0.15, 0.2) is 249 Å². The number of hydrogen-bond acceptors (Lipinski definition) is 1. The summed E-state index contributed by atoms with van der Waals surface area (Å²) in [5.74, 6) is 0. The number of rotatable bonds is 0. The van der Waals surface area contributed by atoms with Gasteiger partial charge in [-0.05, 0) is 186 Å². The highest BCUT2D eigenvalue weighted by atomic mass is 15.2. The Labute approximate surface area is 465 Å². The minimum absolute atomic E-state index is 0.000462. The summed E-state index contributed by atoms with van der Waals surface area (Å²) in [6.07, 6.45) is 0. The lowest BCUT2D eigenvalue weighted by atomic mass is 9.32. The fourth-order valence-corrected chi connectivity index (χ4v) is 17.3. The molecule has 0 aliphatic carbocycles. The molecule has 21 rings (SSSR count). The van der Waals surface area contributed by atoms with Crippen molar-refractivity contribution in [2.24, 2.45) is 0 Å². The molecule has 3 heteroatoms. The van der Waals surface area contributed by atoms with Gasteiger partial charge in [0.05, 0.1) is 0 Å². The van der Waals surface area contributed by atoms with Crippen molar-refractivity contribution >= 4 is 193 Å². The Morgan fingerprint density at radius 3 is 0.753 bits per heavy atom. The van der Waals surface area contributed by atoms with Gasteiger partial charge in [-0.25, -0.2) is 0 Å². The predicted octanol–water partition coefficient (Wildman–Crippen LogP) is 16.6. The number of fused-ring (bicyclic) bond motifs is 38. The SMILES string of the molecule is c1cc2c3c(c1)B1c4ccc5c6ccccc6c6ccccc6c5c4-c4c1c(cc1c5ccccc5c5ccccc5c41)N3c1cc3c4ccccc4c4ccccc4c3c3c1B2c1ccc2c4ccccc4c4ccccc4c2c1-3. The Bertz CT molecular complexity index is 5500. The van der Waals surface area contributed by atoms with Crippen molar-refractivity contribution in [3.63, 3.8) is 0 Å². The van der Waals surface area contributed by atoms with Crippen molar-refractivity contribution < 1.29 is 0 Å². The fraction of sp³-hybridized carbons (Fsp3) is 0. The molecule has 0 bridgehead atoms. The molecule has 364 valence electrons. The predicted molar refractivity (Wildman–Crippen MR) is 351 cm³/mol. The van der Waals surface area contributed by atoms with Gasteiger partial charge in [0.1, 0.15) is 0 Å². The molecule has 17 aromatic carbocycles. The second-order valence-electron chi connectivity index (χ2n) is 23.5. The van der Waals surface area contributed by atoms with E-state index in [1.165, 1.54) is 201 Å². The molecule has 4 heterocycles. The molecule has 0 saturated heterocycles.